The van der Waals surface area contributed by atoms with Crippen molar-refractivity contribution >= 4 is 46.3 Å². The highest BCUT2D eigenvalue weighted by Gasteiger charge is 2.42. The van der Waals surface area contributed by atoms with Crippen LogP contribution in [0.15, 0.2) is 42.6 Å². The van der Waals surface area contributed by atoms with E-state index in [2.05, 4.69) is 29.2 Å². The highest BCUT2D eigenvalue weighted by molar-refractivity contribution is 6.34. The van der Waals surface area contributed by atoms with Gasteiger partial charge in [0.05, 0.1) is 41.4 Å². The molecule has 3 aliphatic rings. The lowest BCUT2D eigenvalue weighted by Crippen LogP contribution is -2.55. The molecule has 1 saturated carbocycles. The summed E-state index contributed by atoms with van der Waals surface area (Å²) in [6.07, 6.45) is 6.91. The number of nitrogens with zero attached hydrogens (tertiary/aromatic N) is 4. The lowest BCUT2D eigenvalue weighted by atomic mass is 9.88. The molecule has 0 spiro atoms. The molecule has 2 aliphatic heterocycles. The van der Waals surface area contributed by atoms with E-state index in [1.165, 1.54) is 12.1 Å². The fourth-order valence-corrected chi connectivity index (χ4v) is 7.83. The van der Waals surface area contributed by atoms with Crippen molar-refractivity contribution < 1.29 is 23.5 Å². The summed E-state index contributed by atoms with van der Waals surface area (Å²) in [5.74, 6) is -0.422. The summed E-state index contributed by atoms with van der Waals surface area (Å²) < 4.78 is 23.7. The van der Waals surface area contributed by atoms with Crippen molar-refractivity contribution in [2.24, 2.45) is 18.9 Å². The van der Waals surface area contributed by atoms with Gasteiger partial charge in [-0.25, -0.2) is 4.39 Å². The Bertz CT molecular complexity index is 1610. The van der Waals surface area contributed by atoms with Crippen LogP contribution in [0.1, 0.15) is 48.0 Å². The van der Waals surface area contributed by atoms with Crippen molar-refractivity contribution in [1.82, 2.24) is 19.3 Å². The third-order valence-corrected chi connectivity index (χ3v) is 10.5. The highest BCUT2D eigenvalue weighted by Crippen LogP contribution is 2.32. The van der Waals surface area contributed by atoms with Crippen LogP contribution in [-0.2, 0) is 27.8 Å². The zero-order valence-corrected chi connectivity index (χ0v) is 28.2. The smallest absolute Gasteiger partial charge is 0.257 e. The molecule has 2 aromatic carbocycles. The van der Waals surface area contributed by atoms with Crippen molar-refractivity contribution in [2.75, 3.05) is 52.2 Å². The number of fused-ring (bicyclic) bond motifs is 1. The molecule has 47 heavy (non-hydrogen) atoms. The number of hydrogen-bond acceptors (Lipinski definition) is 6. The molecule has 1 N–H and O–H groups in total. The van der Waals surface area contributed by atoms with Crippen LogP contribution < -0.4 is 5.32 Å². The number of aldehydes is 1. The molecule has 2 saturated heterocycles. The summed E-state index contributed by atoms with van der Waals surface area (Å²) in [5, 5.41) is 3.71. The number of halogens is 2. The number of nitrogens with one attached hydrogen (secondary N) is 1. The summed E-state index contributed by atoms with van der Waals surface area (Å²) in [5.41, 5.74) is 1.71. The minimum absolute atomic E-state index is 0.0866. The number of carbonyl (C=O) groups is 3. The third kappa shape index (κ3) is 7.56. The average molecular weight is 666 g/mol. The van der Waals surface area contributed by atoms with Crippen molar-refractivity contribution in [3.63, 3.8) is 0 Å². The second kappa shape index (κ2) is 14.4. The molecule has 0 unspecified atom stereocenters. The zero-order valence-electron chi connectivity index (χ0n) is 27.5. The lowest BCUT2D eigenvalue weighted by molar-refractivity contribution is -0.133. The van der Waals surface area contributed by atoms with E-state index in [0.29, 0.717) is 24.6 Å². The number of rotatable bonds is 11. The molecule has 2 amide bonds. The van der Waals surface area contributed by atoms with Gasteiger partial charge in [0.1, 0.15) is 12.1 Å². The van der Waals surface area contributed by atoms with Gasteiger partial charge in [0, 0.05) is 62.3 Å². The van der Waals surface area contributed by atoms with E-state index in [9.17, 15) is 14.4 Å². The van der Waals surface area contributed by atoms with Gasteiger partial charge in [-0.3, -0.25) is 14.5 Å². The second-order valence-corrected chi connectivity index (χ2v) is 14.3. The fourth-order valence-electron chi connectivity index (χ4n) is 7.59. The number of anilines is 1. The Kier molecular flexibility index (Phi) is 10.3. The SMILES string of the molecule is CN(C)CC1CN([C@H]2C[C@@H](CO[C@H]3CC[C@H](C=O)CC3)N(C(=O)Cc3cc(Cl)c(NC(=O)c4cn(C)c5ccccc45)cc3F)C2)C1. The van der Waals surface area contributed by atoms with Crippen LogP contribution in [0.4, 0.5) is 10.1 Å². The molecule has 0 radical (unpaired) electrons. The Morgan fingerprint density at radius 3 is 2.57 bits per heavy atom. The molecule has 11 heteroatoms. The van der Waals surface area contributed by atoms with Crippen LogP contribution in [0.25, 0.3) is 10.9 Å². The van der Waals surface area contributed by atoms with Gasteiger partial charge in [-0.05, 0) is 75.9 Å². The number of benzene rings is 2. The first-order valence-corrected chi connectivity index (χ1v) is 17.1. The molecule has 3 fully saturated rings. The minimum Gasteiger partial charge on any atom is -0.376 e. The number of aromatic nitrogens is 1. The zero-order chi connectivity index (χ0) is 33.2. The van der Waals surface area contributed by atoms with Gasteiger partial charge < -0.3 is 29.2 Å². The number of amides is 2. The highest BCUT2D eigenvalue weighted by atomic mass is 35.5. The standard InChI is InChI=1S/C36H45ClFN5O4/c1-40(2)16-24-17-42(18-24)26-14-27(22-47-28-10-8-23(21-44)9-11-28)43(19-26)35(45)13-25-12-31(37)33(15-32(25)38)39-36(46)30-20-41(3)34-7-5-4-6-29(30)34/h4-7,12,15,20-21,23-24,26-28H,8-11,13-14,16-19,22H2,1-3H3,(H,39,46)/t23-,26-,27-,28-/m0/s1. The van der Waals surface area contributed by atoms with Gasteiger partial charge in [0.15, 0.2) is 0 Å². The molecule has 2 atom stereocenters. The largest absolute Gasteiger partial charge is 0.376 e. The quantitative estimate of drug-likeness (QED) is 0.290. The van der Waals surface area contributed by atoms with Crippen molar-refractivity contribution in [3.8, 4) is 0 Å². The fraction of sp³-hybridized carbons (Fsp3) is 0.528. The molecule has 9 nitrogen and oxygen atoms in total. The summed E-state index contributed by atoms with van der Waals surface area (Å²) >= 11 is 6.56. The Morgan fingerprint density at radius 1 is 1.11 bits per heavy atom. The topological polar surface area (TPSA) is 87.1 Å². The van der Waals surface area contributed by atoms with Crippen LogP contribution in [0.5, 0.6) is 0 Å². The first-order chi connectivity index (χ1) is 22.6. The molecule has 3 heterocycles. The predicted octanol–water partition coefficient (Wildman–Crippen LogP) is 5.00. The van der Waals surface area contributed by atoms with Crippen molar-refractivity contribution in [1.29, 1.82) is 0 Å². The Labute approximate surface area is 280 Å². The van der Waals surface area contributed by atoms with E-state index in [1.54, 1.807) is 6.20 Å². The van der Waals surface area contributed by atoms with Crippen LogP contribution in [0.2, 0.25) is 5.02 Å². The number of likely N-dealkylation sites (tertiary alicyclic amines) is 2. The second-order valence-electron chi connectivity index (χ2n) is 13.9. The summed E-state index contributed by atoms with van der Waals surface area (Å²) in [6, 6.07) is 10.3. The maximum Gasteiger partial charge on any atom is 0.257 e. The molecular formula is C36H45ClFN5O4. The van der Waals surface area contributed by atoms with Crippen LogP contribution in [0, 0.1) is 17.7 Å². The Hall–Kier alpha value is -3.31. The number of aryl methyl sites for hydroxylation is 1. The maximum atomic E-state index is 15.5. The van der Waals surface area contributed by atoms with E-state index < -0.39 is 11.7 Å². The van der Waals surface area contributed by atoms with Gasteiger partial charge in [0.25, 0.3) is 5.91 Å². The maximum absolute atomic E-state index is 15.5. The summed E-state index contributed by atoms with van der Waals surface area (Å²) in [4.78, 5) is 44.7. The molecule has 1 aliphatic carbocycles. The molecule has 0 bridgehead atoms. The van der Waals surface area contributed by atoms with E-state index >= 15 is 4.39 Å². The predicted molar refractivity (Wildman–Crippen MR) is 181 cm³/mol. The van der Waals surface area contributed by atoms with Crippen LogP contribution in [0.3, 0.4) is 0 Å². The Balaban J connectivity index is 1.12. The minimum atomic E-state index is -0.597. The molecule has 252 valence electrons. The van der Waals surface area contributed by atoms with Gasteiger partial charge >= 0.3 is 0 Å². The number of para-hydroxylation sites is 1. The van der Waals surface area contributed by atoms with E-state index in [4.69, 9.17) is 16.3 Å². The van der Waals surface area contributed by atoms with Gasteiger partial charge in [0.2, 0.25) is 5.91 Å². The number of carbonyl (C=O) groups excluding carboxylic acids is 3. The summed E-state index contributed by atoms with van der Waals surface area (Å²) in [7, 11) is 6.04. The van der Waals surface area contributed by atoms with E-state index in [-0.39, 0.29) is 52.7 Å². The molecule has 6 rings (SSSR count). The van der Waals surface area contributed by atoms with Crippen LogP contribution in [-0.4, -0.2) is 102 Å². The van der Waals surface area contributed by atoms with E-state index in [0.717, 1.165) is 68.9 Å². The van der Waals surface area contributed by atoms with Gasteiger partial charge in [-0.15, -0.1) is 0 Å². The molecule has 1 aromatic heterocycles. The van der Waals surface area contributed by atoms with Gasteiger partial charge in [-0.2, -0.15) is 0 Å². The Morgan fingerprint density at radius 2 is 1.85 bits per heavy atom. The third-order valence-electron chi connectivity index (χ3n) is 10.1. The first-order valence-electron chi connectivity index (χ1n) is 16.7. The van der Waals surface area contributed by atoms with Crippen molar-refractivity contribution in [3.05, 3.63) is 64.6 Å². The number of ether oxygens (including phenoxy) is 1. The van der Waals surface area contributed by atoms with Crippen molar-refractivity contribution in [2.45, 2.75) is 56.7 Å². The molecular weight excluding hydrogens is 621 g/mol. The van der Waals surface area contributed by atoms with E-state index in [1.807, 2.05) is 40.8 Å². The average Bonchev–Trinajstić information content (AvgIpc) is 3.61. The number of hydrogen-bond donors (Lipinski definition) is 1. The monoisotopic (exact) mass is 665 g/mol. The van der Waals surface area contributed by atoms with Crippen LogP contribution >= 0.6 is 11.6 Å². The first kappa shape index (κ1) is 33.6. The normalized spacial score (nSPS) is 23.7. The summed E-state index contributed by atoms with van der Waals surface area (Å²) in [6.45, 7) is 4.05. The molecule has 3 aromatic rings. The van der Waals surface area contributed by atoms with Gasteiger partial charge in [-0.1, -0.05) is 29.8 Å². The lowest BCUT2D eigenvalue weighted by Gasteiger charge is -2.44.